The van der Waals surface area contributed by atoms with Gasteiger partial charge in [-0.25, -0.2) is 0 Å². The van der Waals surface area contributed by atoms with Crippen LogP contribution in [-0.2, 0) is 6.54 Å². The van der Waals surface area contributed by atoms with Gasteiger partial charge < -0.3 is 19.9 Å². The molecule has 2 atom stereocenters. The molecule has 0 aromatic carbocycles. The molecule has 0 radical (unpaired) electrons. The lowest BCUT2D eigenvalue weighted by Crippen LogP contribution is -2.31. The fourth-order valence-corrected chi connectivity index (χ4v) is 4.60. The first-order chi connectivity index (χ1) is 14.6. The Morgan fingerprint density at radius 2 is 2.03 bits per heavy atom. The Kier molecular flexibility index (Phi) is 6.11. The van der Waals surface area contributed by atoms with Crippen LogP contribution >= 0.6 is 12.2 Å². The topological polar surface area (TPSA) is 66.2 Å². The van der Waals surface area contributed by atoms with E-state index in [0.29, 0.717) is 18.1 Å². The van der Waals surface area contributed by atoms with E-state index in [1.165, 1.54) is 22.5 Å². The van der Waals surface area contributed by atoms with Crippen molar-refractivity contribution in [3.05, 3.63) is 83.2 Å². The molecule has 4 rings (SSSR count). The van der Waals surface area contributed by atoms with Gasteiger partial charge in [0, 0.05) is 49.7 Å². The van der Waals surface area contributed by atoms with E-state index in [2.05, 4.69) is 50.7 Å². The van der Waals surface area contributed by atoms with Gasteiger partial charge in [-0.15, -0.1) is 0 Å². The smallest absolute Gasteiger partial charge is 0.170 e. The number of aromatic nitrogens is 3. The van der Waals surface area contributed by atoms with Gasteiger partial charge in [-0.1, -0.05) is 12.1 Å². The summed E-state index contributed by atoms with van der Waals surface area (Å²) in [5.74, 6) is 0. The zero-order valence-corrected chi connectivity index (χ0v) is 18.1. The summed E-state index contributed by atoms with van der Waals surface area (Å²) in [7, 11) is 0. The maximum atomic E-state index is 9.41. The number of aliphatic hydroxyl groups excluding tert-OH is 1. The summed E-state index contributed by atoms with van der Waals surface area (Å²) in [6, 6.07) is 12.3. The Morgan fingerprint density at radius 1 is 1.17 bits per heavy atom. The van der Waals surface area contributed by atoms with Crippen LogP contribution in [0.4, 0.5) is 0 Å². The summed E-state index contributed by atoms with van der Waals surface area (Å²) in [4.78, 5) is 11.0. The number of rotatable bonds is 7. The third-order valence-electron chi connectivity index (χ3n) is 5.75. The first-order valence-corrected chi connectivity index (χ1v) is 10.7. The highest BCUT2D eigenvalue weighted by Gasteiger charge is 2.40. The minimum Gasteiger partial charge on any atom is -0.396 e. The van der Waals surface area contributed by atoms with E-state index >= 15 is 0 Å². The first-order valence-electron chi connectivity index (χ1n) is 10.2. The predicted molar refractivity (Wildman–Crippen MR) is 121 cm³/mol. The second-order valence-corrected chi connectivity index (χ2v) is 8.06. The second kappa shape index (κ2) is 8.93. The Balaban J connectivity index is 1.74. The number of pyridine rings is 2. The van der Waals surface area contributed by atoms with Crippen LogP contribution in [0, 0.1) is 13.8 Å². The van der Waals surface area contributed by atoms with E-state index in [0.717, 1.165) is 12.2 Å². The van der Waals surface area contributed by atoms with Crippen molar-refractivity contribution in [1.29, 1.82) is 0 Å². The number of aliphatic hydroxyl groups is 1. The van der Waals surface area contributed by atoms with Gasteiger partial charge in [0.05, 0.1) is 17.8 Å². The zero-order valence-electron chi connectivity index (χ0n) is 17.3. The van der Waals surface area contributed by atoms with Crippen LogP contribution in [0.3, 0.4) is 0 Å². The molecule has 0 aliphatic carbocycles. The first kappa shape index (κ1) is 20.5. The summed E-state index contributed by atoms with van der Waals surface area (Å²) in [5.41, 5.74) is 5.78. The Morgan fingerprint density at radius 3 is 2.73 bits per heavy atom. The molecule has 2 N–H and O–H groups in total. The van der Waals surface area contributed by atoms with Crippen molar-refractivity contribution in [2.24, 2.45) is 0 Å². The van der Waals surface area contributed by atoms with Crippen LogP contribution in [0.1, 0.15) is 46.7 Å². The highest BCUT2D eigenvalue weighted by Crippen LogP contribution is 2.40. The zero-order chi connectivity index (χ0) is 21.1. The van der Waals surface area contributed by atoms with E-state index in [1.807, 2.05) is 36.7 Å². The van der Waals surface area contributed by atoms with Crippen LogP contribution in [0.5, 0.6) is 0 Å². The standard InChI is InChI=1S/C23H27N5OS/c1-16-13-19(17(2)28(16)15-18-7-5-9-24-14-18)22-21(20-8-3-4-10-25-20)26-23(30)27(22)11-6-12-29/h3-5,7-10,13-14,21-22,29H,6,11-12,15H2,1-2H3,(H,26,30). The van der Waals surface area contributed by atoms with E-state index in [9.17, 15) is 5.11 Å². The number of nitrogens with zero attached hydrogens (tertiary/aromatic N) is 4. The number of thiocarbonyl (C=S) groups is 1. The number of aryl methyl sites for hydroxylation is 1. The quantitative estimate of drug-likeness (QED) is 0.571. The molecule has 30 heavy (non-hydrogen) atoms. The van der Waals surface area contributed by atoms with Gasteiger partial charge in [0.2, 0.25) is 0 Å². The third kappa shape index (κ3) is 3.95. The second-order valence-electron chi connectivity index (χ2n) is 7.67. The van der Waals surface area contributed by atoms with Crippen LogP contribution in [0.15, 0.2) is 55.0 Å². The fourth-order valence-electron chi connectivity index (χ4n) is 4.27. The molecule has 0 bridgehead atoms. The summed E-state index contributed by atoms with van der Waals surface area (Å²) in [6.45, 7) is 5.92. The van der Waals surface area contributed by atoms with Gasteiger partial charge in [0.25, 0.3) is 0 Å². The molecular formula is C23H27N5OS. The van der Waals surface area contributed by atoms with Gasteiger partial charge in [-0.2, -0.15) is 0 Å². The van der Waals surface area contributed by atoms with E-state index in [1.54, 1.807) is 6.20 Å². The summed E-state index contributed by atoms with van der Waals surface area (Å²) in [6.07, 6.45) is 6.20. The predicted octanol–water partition coefficient (Wildman–Crippen LogP) is 3.30. The largest absolute Gasteiger partial charge is 0.396 e. The van der Waals surface area contributed by atoms with Gasteiger partial charge in [-0.05, 0) is 67.9 Å². The van der Waals surface area contributed by atoms with E-state index in [4.69, 9.17) is 12.2 Å². The van der Waals surface area contributed by atoms with Crippen molar-refractivity contribution in [3.8, 4) is 0 Å². The molecule has 0 amide bonds. The summed E-state index contributed by atoms with van der Waals surface area (Å²) in [5, 5.41) is 13.6. The number of nitrogens with one attached hydrogen (secondary N) is 1. The molecule has 7 heteroatoms. The number of hydrogen-bond donors (Lipinski definition) is 2. The summed E-state index contributed by atoms with van der Waals surface area (Å²) >= 11 is 5.69. The van der Waals surface area contributed by atoms with Crippen molar-refractivity contribution in [2.75, 3.05) is 13.2 Å². The van der Waals surface area contributed by atoms with Crippen molar-refractivity contribution >= 4 is 17.3 Å². The molecule has 1 fully saturated rings. The molecule has 3 aromatic heterocycles. The maximum absolute atomic E-state index is 9.41. The van der Waals surface area contributed by atoms with Crippen LogP contribution in [-0.4, -0.2) is 42.8 Å². The lowest BCUT2D eigenvalue weighted by Gasteiger charge is -2.28. The van der Waals surface area contributed by atoms with Gasteiger partial charge in [0.15, 0.2) is 5.11 Å². The van der Waals surface area contributed by atoms with Gasteiger partial charge in [-0.3, -0.25) is 9.97 Å². The Labute approximate surface area is 182 Å². The van der Waals surface area contributed by atoms with E-state index < -0.39 is 0 Å². The van der Waals surface area contributed by atoms with Crippen molar-refractivity contribution in [1.82, 2.24) is 24.8 Å². The summed E-state index contributed by atoms with van der Waals surface area (Å²) < 4.78 is 2.33. The third-order valence-corrected chi connectivity index (χ3v) is 6.10. The molecule has 1 saturated heterocycles. The van der Waals surface area contributed by atoms with Crippen LogP contribution in [0.25, 0.3) is 0 Å². The molecule has 4 heterocycles. The molecule has 156 valence electrons. The minimum absolute atomic E-state index is 0.0211. The van der Waals surface area contributed by atoms with Gasteiger partial charge in [0.1, 0.15) is 0 Å². The molecule has 6 nitrogen and oxygen atoms in total. The maximum Gasteiger partial charge on any atom is 0.170 e. The molecular weight excluding hydrogens is 394 g/mol. The highest BCUT2D eigenvalue weighted by atomic mass is 32.1. The van der Waals surface area contributed by atoms with Gasteiger partial charge >= 0.3 is 0 Å². The minimum atomic E-state index is -0.0373. The molecule has 0 saturated carbocycles. The number of hydrogen-bond acceptors (Lipinski definition) is 4. The SMILES string of the molecule is Cc1cc(C2C(c3ccccn3)NC(=S)N2CCCO)c(C)n1Cc1cccnc1. The van der Waals surface area contributed by atoms with Crippen LogP contribution in [0.2, 0.25) is 0 Å². The normalized spacial score (nSPS) is 18.6. The Hall–Kier alpha value is -2.77. The molecule has 1 aliphatic rings. The van der Waals surface area contributed by atoms with Crippen molar-refractivity contribution in [3.63, 3.8) is 0 Å². The molecule has 3 aromatic rings. The monoisotopic (exact) mass is 421 g/mol. The van der Waals surface area contributed by atoms with Crippen LogP contribution < -0.4 is 5.32 Å². The lowest BCUT2D eigenvalue weighted by atomic mass is 9.96. The van der Waals surface area contributed by atoms with E-state index in [-0.39, 0.29) is 18.7 Å². The highest BCUT2D eigenvalue weighted by molar-refractivity contribution is 7.80. The Bertz CT molecular complexity index is 1010. The fraction of sp³-hybridized carbons (Fsp3) is 0.348. The average molecular weight is 422 g/mol. The molecule has 1 aliphatic heterocycles. The average Bonchev–Trinajstić information content (AvgIpc) is 3.24. The molecule has 0 spiro atoms. The van der Waals surface area contributed by atoms with Crippen molar-refractivity contribution in [2.45, 2.75) is 38.9 Å². The molecule has 2 unspecified atom stereocenters. The lowest BCUT2D eigenvalue weighted by molar-refractivity contribution is 0.247. The van der Waals surface area contributed by atoms with Crippen molar-refractivity contribution < 1.29 is 5.11 Å².